The Morgan fingerprint density at radius 2 is 1.88 bits per heavy atom. The van der Waals surface area contributed by atoms with Gasteiger partial charge in [0.25, 0.3) is 0 Å². The molecule has 1 rings (SSSR count). The van der Waals surface area contributed by atoms with Crippen molar-refractivity contribution in [3.8, 4) is 0 Å². The van der Waals surface area contributed by atoms with Gasteiger partial charge in [0.1, 0.15) is 0 Å². The van der Waals surface area contributed by atoms with Crippen LogP contribution in [0.5, 0.6) is 0 Å². The fourth-order valence-electron chi connectivity index (χ4n) is 2.30. The van der Waals surface area contributed by atoms with Gasteiger partial charge in [0, 0.05) is 13.6 Å². The molecule has 92 valence electrons. The maximum absolute atomic E-state index is 12.0. The Labute approximate surface area is 96.6 Å². The summed E-state index contributed by atoms with van der Waals surface area (Å²) >= 11 is 0. The number of carbonyl (C=O) groups excluding carboxylic acids is 1. The topological polar surface area (TPSA) is 57.6 Å². The number of rotatable bonds is 5. The van der Waals surface area contributed by atoms with Crippen molar-refractivity contribution < 1.29 is 14.7 Å². The lowest BCUT2D eigenvalue weighted by Crippen LogP contribution is -2.30. The fraction of sp³-hybridized carbons (Fsp3) is 0.833. The zero-order valence-electron chi connectivity index (χ0n) is 10.5. The highest BCUT2D eigenvalue weighted by Gasteiger charge is 2.66. The minimum absolute atomic E-state index is 0.0224. The van der Waals surface area contributed by atoms with E-state index in [1.165, 1.54) is 0 Å². The van der Waals surface area contributed by atoms with E-state index in [-0.39, 0.29) is 17.2 Å². The lowest BCUT2D eigenvalue weighted by molar-refractivity contribution is -0.141. The first-order valence-electron chi connectivity index (χ1n) is 5.81. The number of carboxylic acid groups (broad SMARTS) is 1. The average molecular weight is 227 g/mol. The van der Waals surface area contributed by atoms with E-state index in [2.05, 4.69) is 6.92 Å². The summed E-state index contributed by atoms with van der Waals surface area (Å²) < 4.78 is 0. The molecule has 0 bridgehead atoms. The van der Waals surface area contributed by atoms with Crippen LogP contribution in [0.1, 0.15) is 33.6 Å². The van der Waals surface area contributed by atoms with Crippen molar-refractivity contribution in [3.05, 3.63) is 0 Å². The van der Waals surface area contributed by atoms with Gasteiger partial charge < -0.3 is 10.0 Å². The third kappa shape index (κ3) is 2.20. The number of nitrogens with zero attached hydrogens (tertiary/aromatic N) is 1. The van der Waals surface area contributed by atoms with Crippen LogP contribution in [-0.4, -0.2) is 35.5 Å². The third-order valence-corrected chi connectivity index (χ3v) is 3.58. The Morgan fingerprint density at radius 3 is 2.25 bits per heavy atom. The minimum Gasteiger partial charge on any atom is -0.481 e. The van der Waals surface area contributed by atoms with Crippen molar-refractivity contribution in [2.45, 2.75) is 33.6 Å². The van der Waals surface area contributed by atoms with Crippen LogP contribution >= 0.6 is 0 Å². The summed E-state index contributed by atoms with van der Waals surface area (Å²) in [5, 5.41) is 9.00. The number of amides is 1. The first-order valence-corrected chi connectivity index (χ1v) is 5.81. The first-order chi connectivity index (χ1) is 7.34. The Kier molecular flexibility index (Phi) is 3.61. The second kappa shape index (κ2) is 4.44. The van der Waals surface area contributed by atoms with Crippen LogP contribution in [0.2, 0.25) is 0 Å². The zero-order chi connectivity index (χ0) is 12.5. The van der Waals surface area contributed by atoms with Crippen molar-refractivity contribution in [1.29, 1.82) is 0 Å². The van der Waals surface area contributed by atoms with Crippen LogP contribution in [0.15, 0.2) is 0 Å². The number of hydrogen-bond donors (Lipinski definition) is 1. The molecule has 1 aliphatic carbocycles. The molecule has 1 amide bonds. The van der Waals surface area contributed by atoms with Crippen LogP contribution in [0.25, 0.3) is 0 Å². The lowest BCUT2D eigenvalue weighted by Gasteiger charge is -2.17. The van der Waals surface area contributed by atoms with E-state index in [9.17, 15) is 9.59 Å². The van der Waals surface area contributed by atoms with E-state index in [4.69, 9.17) is 5.11 Å². The van der Waals surface area contributed by atoms with E-state index in [1.807, 2.05) is 13.8 Å². The molecule has 2 unspecified atom stereocenters. The molecule has 2 atom stereocenters. The second-order valence-electron chi connectivity index (χ2n) is 5.23. The van der Waals surface area contributed by atoms with Crippen molar-refractivity contribution in [1.82, 2.24) is 4.90 Å². The van der Waals surface area contributed by atoms with Gasteiger partial charge in [-0.1, -0.05) is 27.2 Å². The maximum Gasteiger partial charge on any atom is 0.307 e. The molecule has 4 nitrogen and oxygen atoms in total. The normalized spacial score (nSPS) is 26.2. The largest absolute Gasteiger partial charge is 0.481 e. The van der Waals surface area contributed by atoms with Gasteiger partial charge in [0.15, 0.2) is 0 Å². The molecule has 4 heteroatoms. The highest BCUT2D eigenvalue weighted by molar-refractivity contribution is 5.91. The quantitative estimate of drug-likeness (QED) is 0.776. The van der Waals surface area contributed by atoms with Crippen LogP contribution in [0, 0.1) is 17.3 Å². The molecule has 1 N–H and O–H groups in total. The number of carbonyl (C=O) groups is 2. The van der Waals surface area contributed by atoms with Crippen LogP contribution in [0.3, 0.4) is 0 Å². The standard InChI is InChI=1S/C12H21NO3/c1-5-6-7-13(4)10(14)8-9(11(15)16)12(8,2)3/h8-9H,5-7H2,1-4H3,(H,15,16). The molecule has 16 heavy (non-hydrogen) atoms. The SMILES string of the molecule is CCCCN(C)C(=O)C1C(C(=O)O)C1(C)C. The molecule has 0 saturated heterocycles. The van der Waals surface area contributed by atoms with Crippen LogP contribution < -0.4 is 0 Å². The van der Waals surface area contributed by atoms with E-state index in [0.29, 0.717) is 6.54 Å². The van der Waals surface area contributed by atoms with Gasteiger partial charge >= 0.3 is 5.97 Å². The number of carboxylic acids is 1. The number of unbranched alkanes of at least 4 members (excludes halogenated alkanes) is 1. The molecule has 0 spiro atoms. The maximum atomic E-state index is 12.0. The lowest BCUT2D eigenvalue weighted by atomic mass is 10.1. The predicted octanol–water partition coefficient (Wildman–Crippen LogP) is 1.60. The Balaban J connectivity index is 2.60. The monoisotopic (exact) mass is 227 g/mol. The summed E-state index contributed by atoms with van der Waals surface area (Å²) in [5.41, 5.74) is -0.386. The van der Waals surface area contributed by atoms with Crippen LogP contribution in [-0.2, 0) is 9.59 Å². The Hall–Kier alpha value is -1.06. The summed E-state index contributed by atoms with van der Waals surface area (Å²) in [6, 6.07) is 0. The van der Waals surface area contributed by atoms with Crippen LogP contribution in [0.4, 0.5) is 0 Å². The molecule has 1 saturated carbocycles. The minimum atomic E-state index is -0.854. The molecular weight excluding hydrogens is 206 g/mol. The first kappa shape index (κ1) is 13.0. The summed E-state index contributed by atoms with van der Waals surface area (Å²) in [4.78, 5) is 24.6. The Bertz CT molecular complexity index is 299. The van der Waals surface area contributed by atoms with Gasteiger partial charge in [0.05, 0.1) is 11.8 Å². The van der Waals surface area contributed by atoms with E-state index < -0.39 is 11.9 Å². The van der Waals surface area contributed by atoms with Gasteiger partial charge in [-0.05, 0) is 11.8 Å². The van der Waals surface area contributed by atoms with Crippen molar-refractivity contribution in [3.63, 3.8) is 0 Å². The third-order valence-electron chi connectivity index (χ3n) is 3.58. The van der Waals surface area contributed by atoms with Gasteiger partial charge in [-0.3, -0.25) is 9.59 Å². The number of aliphatic carboxylic acids is 1. The van der Waals surface area contributed by atoms with Crippen molar-refractivity contribution in [2.75, 3.05) is 13.6 Å². The molecule has 0 heterocycles. The predicted molar refractivity (Wildman–Crippen MR) is 60.9 cm³/mol. The molecule has 0 aromatic rings. The summed E-state index contributed by atoms with van der Waals surface area (Å²) in [6.07, 6.45) is 2.00. The molecule has 0 radical (unpaired) electrons. The van der Waals surface area contributed by atoms with Gasteiger partial charge in [-0.25, -0.2) is 0 Å². The molecular formula is C12H21NO3. The molecule has 1 fully saturated rings. The average Bonchev–Trinajstić information content (AvgIpc) is 2.76. The van der Waals surface area contributed by atoms with Gasteiger partial charge in [-0.15, -0.1) is 0 Å². The highest BCUT2D eigenvalue weighted by Crippen LogP contribution is 2.58. The van der Waals surface area contributed by atoms with Gasteiger partial charge in [0.2, 0.25) is 5.91 Å². The molecule has 0 aliphatic heterocycles. The van der Waals surface area contributed by atoms with E-state index in [0.717, 1.165) is 12.8 Å². The molecule has 1 aliphatic rings. The van der Waals surface area contributed by atoms with Gasteiger partial charge in [-0.2, -0.15) is 0 Å². The summed E-state index contributed by atoms with van der Waals surface area (Å²) in [6.45, 7) is 6.48. The highest BCUT2D eigenvalue weighted by atomic mass is 16.4. The van der Waals surface area contributed by atoms with E-state index in [1.54, 1.807) is 11.9 Å². The van der Waals surface area contributed by atoms with Crippen molar-refractivity contribution in [2.24, 2.45) is 17.3 Å². The zero-order valence-corrected chi connectivity index (χ0v) is 10.5. The molecule has 0 aromatic heterocycles. The van der Waals surface area contributed by atoms with E-state index >= 15 is 0 Å². The summed E-state index contributed by atoms with van der Waals surface area (Å²) in [7, 11) is 1.76. The second-order valence-corrected chi connectivity index (χ2v) is 5.23. The molecule has 0 aromatic carbocycles. The smallest absolute Gasteiger partial charge is 0.307 e. The Morgan fingerprint density at radius 1 is 1.31 bits per heavy atom. The number of hydrogen-bond acceptors (Lipinski definition) is 2. The van der Waals surface area contributed by atoms with Crippen molar-refractivity contribution >= 4 is 11.9 Å². The summed E-state index contributed by atoms with van der Waals surface area (Å²) in [5.74, 6) is -1.73. The fourth-order valence-corrected chi connectivity index (χ4v) is 2.30.